The van der Waals surface area contributed by atoms with Gasteiger partial charge < -0.3 is 9.80 Å². The van der Waals surface area contributed by atoms with E-state index in [0.717, 1.165) is 43.3 Å². The number of hydrogen-bond donors (Lipinski definition) is 0. The van der Waals surface area contributed by atoms with Crippen LogP contribution in [0.5, 0.6) is 0 Å². The number of rotatable bonds is 3. The van der Waals surface area contributed by atoms with E-state index in [9.17, 15) is 4.79 Å². The molecule has 0 radical (unpaired) electrons. The Labute approximate surface area is 208 Å². The van der Waals surface area contributed by atoms with Crippen LogP contribution in [0.4, 0.5) is 4.39 Å². The van der Waals surface area contributed by atoms with Gasteiger partial charge in [0.1, 0.15) is 29.5 Å². The van der Waals surface area contributed by atoms with Gasteiger partial charge in [-0.25, -0.2) is 19.3 Å². The topological polar surface area (TPSA) is 67.2 Å². The smallest absolute Gasteiger partial charge is 0.258 e. The molecule has 182 valence electrons. The second-order valence-corrected chi connectivity index (χ2v) is 9.76. The molecule has 35 heavy (non-hydrogen) atoms. The molecule has 9 heteroatoms. The number of fused-ring (bicyclic) bond motifs is 1. The Bertz CT molecular complexity index is 1390. The van der Waals surface area contributed by atoms with Crippen molar-refractivity contribution in [3.8, 4) is 0 Å². The molecule has 2 aliphatic heterocycles. The third kappa shape index (κ3) is 4.20. The van der Waals surface area contributed by atoms with Gasteiger partial charge in [-0.1, -0.05) is 17.7 Å². The van der Waals surface area contributed by atoms with Crippen molar-refractivity contribution in [2.24, 2.45) is 0 Å². The van der Waals surface area contributed by atoms with Crippen LogP contribution in [0.25, 0.3) is 6.08 Å². The van der Waals surface area contributed by atoms with Crippen LogP contribution in [0, 0.1) is 26.6 Å². The second-order valence-electron chi connectivity index (χ2n) is 9.32. The minimum Gasteiger partial charge on any atom is -0.357 e. The summed E-state index contributed by atoms with van der Waals surface area (Å²) in [6.07, 6.45) is 5.08. The standard InChI is InChI=1S/C26H28ClFN6O/c1-15-16(2)30-23-13-24(33-11-5-6-18(14-33)22-9-10-29-17(3)31-22)32(4)25(34(23)26(15)35)20-8-7-19(27)12-21(20)28/h7-10,12-13,18,25H,5-6,11,14H2,1-4H3. The van der Waals surface area contributed by atoms with E-state index in [4.69, 9.17) is 16.6 Å². The second kappa shape index (κ2) is 9.07. The third-order valence-electron chi connectivity index (χ3n) is 7.04. The maximum absolute atomic E-state index is 15.2. The van der Waals surface area contributed by atoms with E-state index in [1.807, 2.05) is 37.9 Å². The normalized spacial score (nSPS) is 20.0. The van der Waals surface area contributed by atoms with Gasteiger partial charge in [-0.3, -0.25) is 9.36 Å². The van der Waals surface area contributed by atoms with Gasteiger partial charge in [-0.15, -0.1) is 0 Å². The zero-order valence-corrected chi connectivity index (χ0v) is 21.1. The molecule has 4 heterocycles. The number of aromatic nitrogens is 4. The SMILES string of the molecule is Cc1nccc(C2CCCN(C3=Cc4nc(C)c(C)c(=O)n4C(c4ccc(Cl)cc4F)N3C)C2)n1. The molecule has 7 nitrogen and oxygen atoms in total. The van der Waals surface area contributed by atoms with E-state index in [1.54, 1.807) is 29.8 Å². The van der Waals surface area contributed by atoms with Crippen molar-refractivity contribution < 1.29 is 4.39 Å². The van der Waals surface area contributed by atoms with Crippen molar-refractivity contribution in [3.05, 3.63) is 91.6 Å². The summed E-state index contributed by atoms with van der Waals surface area (Å²) in [6.45, 7) is 7.09. The number of aryl methyl sites for hydroxylation is 2. The lowest BCUT2D eigenvalue weighted by Crippen LogP contribution is -2.47. The van der Waals surface area contributed by atoms with Crippen molar-refractivity contribution >= 4 is 17.7 Å². The van der Waals surface area contributed by atoms with E-state index in [2.05, 4.69) is 14.9 Å². The highest BCUT2D eigenvalue weighted by Gasteiger charge is 2.35. The molecule has 0 saturated carbocycles. The Hall–Kier alpha value is -3.26. The zero-order chi connectivity index (χ0) is 24.9. The van der Waals surface area contributed by atoms with Crippen molar-refractivity contribution in [2.75, 3.05) is 20.1 Å². The summed E-state index contributed by atoms with van der Waals surface area (Å²) in [7, 11) is 1.90. The number of halogens is 2. The van der Waals surface area contributed by atoms with E-state index in [0.29, 0.717) is 27.7 Å². The van der Waals surface area contributed by atoms with Gasteiger partial charge in [-0.05, 0) is 51.8 Å². The lowest BCUT2D eigenvalue weighted by Gasteiger charge is -2.44. The Morgan fingerprint density at radius 3 is 2.69 bits per heavy atom. The molecule has 2 unspecified atom stereocenters. The van der Waals surface area contributed by atoms with Crippen LogP contribution in [0.3, 0.4) is 0 Å². The fourth-order valence-electron chi connectivity index (χ4n) is 5.10. The molecule has 3 aromatic rings. The maximum Gasteiger partial charge on any atom is 0.258 e. The molecule has 2 atom stereocenters. The van der Waals surface area contributed by atoms with E-state index >= 15 is 4.39 Å². The quantitative estimate of drug-likeness (QED) is 0.537. The van der Waals surface area contributed by atoms with Crippen LogP contribution >= 0.6 is 11.6 Å². The van der Waals surface area contributed by atoms with Gasteiger partial charge in [-0.2, -0.15) is 0 Å². The molecule has 0 spiro atoms. The Morgan fingerprint density at radius 2 is 1.94 bits per heavy atom. The molecule has 0 amide bonds. The molecule has 1 aromatic carbocycles. The summed E-state index contributed by atoms with van der Waals surface area (Å²) in [4.78, 5) is 31.3. The van der Waals surface area contributed by atoms with Gasteiger partial charge in [0.05, 0.1) is 0 Å². The van der Waals surface area contributed by atoms with Gasteiger partial charge >= 0.3 is 0 Å². The average Bonchev–Trinajstić information content (AvgIpc) is 2.83. The number of piperidine rings is 1. The summed E-state index contributed by atoms with van der Waals surface area (Å²) in [5, 5.41) is 0.310. The molecule has 5 rings (SSSR count). The highest BCUT2D eigenvalue weighted by Crippen LogP contribution is 2.36. The Kier molecular flexibility index (Phi) is 6.09. The van der Waals surface area contributed by atoms with Gasteiger partial charge in [0, 0.05) is 65.9 Å². The Morgan fingerprint density at radius 1 is 1.14 bits per heavy atom. The van der Waals surface area contributed by atoms with Crippen LogP contribution in [0.2, 0.25) is 5.02 Å². The van der Waals surface area contributed by atoms with Crippen molar-refractivity contribution in [3.63, 3.8) is 0 Å². The van der Waals surface area contributed by atoms with Crippen LogP contribution in [0.1, 0.15) is 59.1 Å². The Balaban J connectivity index is 1.61. The lowest BCUT2D eigenvalue weighted by molar-refractivity contribution is 0.140. The van der Waals surface area contributed by atoms with Gasteiger partial charge in [0.2, 0.25) is 0 Å². The van der Waals surface area contributed by atoms with E-state index in [1.165, 1.54) is 6.07 Å². The first kappa shape index (κ1) is 23.5. The first-order valence-electron chi connectivity index (χ1n) is 11.8. The zero-order valence-electron chi connectivity index (χ0n) is 20.3. The predicted octanol–water partition coefficient (Wildman–Crippen LogP) is 4.42. The summed E-state index contributed by atoms with van der Waals surface area (Å²) in [5.74, 6) is 1.97. The van der Waals surface area contributed by atoms with Crippen LogP contribution in [-0.2, 0) is 0 Å². The summed E-state index contributed by atoms with van der Waals surface area (Å²) in [6, 6.07) is 6.57. The first-order chi connectivity index (χ1) is 16.7. The van der Waals surface area contributed by atoms with Crippen molar-refractivity contribution in [1.29, 1.82) is 0 Å². The molecule has 0 bridgehead atoms. The largest absolute Gasteiger partial charge is 0.357 e. The van der Waals surface area contributed by atoms with Gasteiger partial charge in [0.25, 0.3) is 5.56 Å². The minimum atomic E-state index is -0.691. The fourth-order valence-corrected chi connectivity index (χ4v) is 5.26. The molecule has 1 fully saturated rings. The summed E-state index contributed by atoms with van der Waals surface area (Å²) >= 11 is 6.04. The lowest BCUT2D eigenvalue weighted by atomic mass is 9.94. The van der Waals surface area contributed by atoms with Gasteiger partial charge in [0.15, 0.2) is 0 Å². The van der Waals surface area contributed by atoms with Crippen molar-refractivity contribution in [2.45, 2.75) is 45.7 Å². The number of benzene rings is 1. The molecule has 2 aliphatic rings. The van der Waals surface area contributed by atoms with E-state index in [-0.39, 0.29) is 11.5 Å². The molecular weight excluding hydrogens is 467 g/mol. The number of likely N-dealkylation sites (tertiary alicyclic amines) is 1. The highest BCUT2D eigenvalue weighted by atomic mass is 35.5. The average molecular weight is 495 g/mol. The highest BCUT2D eigenvalue weighted by molar-refractivity contribution is 6.30. The molecule has 0 aliphatic carbocycles. The number of hydrogen-bond acceptors (Lipinski definition) is 6. The maximum atomic E-state index is 15.2. The minimum absolute atomic E-state index is 0.179. The van der Waals surface area contributed by atoms with Crippen LogP contribution in [-0.4, -0.2) is 49.5 Å². The monoisotopic (exact) mass is 494 g/mol. The molecule has 1 saturated heterocycles. The van der Waals surface area contributed by atoms with Crippen LogP contribution in [0.15, 0.2) is 41.1 Å². The third-order valence-corrected chi connectivity index (χ3v) is 7.28. The molecule has 0 N–H and O–H groups in total. The first-order valence-corrected chi connectivity index (χ1v) is 12.2. The number of nitrogens with zero attached hydrogens (tertiary/aromatic N) is 6. The molecule has 2 aromatic heterocycles. The molecular formula is C26H28ClFN6O. The fraction of sp³-hybridized carbons (Fsp3) is 0.385. The summed E-state index contributed by atoms with van der Waals surface area (Å²) < 4.78 is 16.8. The van der Waals surface area contributed by atoms with Crippen molar-refractivity contribution in [1.82, 2.24) is 29.3 Å². The van der Waals surface area contributed by atoms with Crippen LogP contribution < -0.4 is 5.56 Å². The predicted molar refractivity (Wildman–Crippen MR) is 134 cm³/mol. The summed E-state index contributed by atoms with van der Waals surface area (Å²) in [5.41, 5.74) is 2.45. The van der Waals surface area contributed by atoms with E-state index < -0.39 is 12.0 Å².